The Morgan fingerprint density at radius 1 is 1.10 bits per heavy atom. The van der Waals surface area contributed by atoms with Crippen LogP contribution in [0.3, 0.4) is 0 Å². The van der Waals surface area contributed by atoms with Crippen LogP contribution in [0.2, 0.25) is 0 Å². The number of anilines is 1. The summed E-state index contributed by atoms with van der Waals surface area (Å²) in [5.41, 5.74) is 2.61. The number of ether oxygens (including phenoxy) is 3. The van der Waals surface area contributed by atoms with E-state index in [1.807, 2.05) is 19.9 Å². The van der Waals surface area contributed by atoms with Crippen LogP contribution in [-0.2, 0) is 0 Å². The zero-order chi connectivity index (χ0) is 25.1. The first-order valence-electron chi connectivity index (χ1n) is 12.3. The molecule has 3 aromatic rings. The van der Waals surface area contributed by atoms with E-state index in [9.17, 15) is 4.79 Å². The fourth-order valence-electron chi connectivity index (χ4n) is 3.91. The largest absolute Gasteiger partial charge is 0.490 e. The number of rotatable bonds is 3. The number of hydrogen-bond acceptors (Lipinski definition) is 7. The average molecular weight is 427 g/mol. The lowest BCUT2D eigenvalue weighted by Gasteiger charge is -2.33. The summed E-state index contributed by atoms with van der Waals surface area (Å²) < 4.78 is 48.7. The maximum Gasteiger partial charge on any atom is 0.277 e. The van der Waals surface area contributed by atoms with E-state index in [0.29, 0.717) is 35.7 Å². The summed E-state index contributed by atoms with van der Waals surface area (Å²) in [6.45, 7) is 1.69. The first-order valence-corrected chi connectivity index (χ1v) is 10.3. The van der Waals surface area contributed by atoms with Crippen molar-refractivity contribution in [1.29, 1.82) is 0 Å². The third kappa shape index (κ3) is 3.66. The predicted octanol–water partition coefficient (Wildman–Crippen LogP) is 2.83. The maximum atomic E-state index is 12.7. The summed E-state index contributed by atoms with van der Waals surface area (Å²) in [7, 11) is 0. The quantitative estimate of drug-likeness (QED) is 0.637. The van der Waals surface area contributed by atoms with E-state index >= 15 is 0 Å². The zero-order valence-corrected chi connectivity index (χ0v) is 17.6. The lowest BCUT2D eigenvalue weighted by Crippen LogP contribution is -2.39. The molecule has 31 heavy (non-hydrogen) atoms. The van der Waals surface area contributed by atoms with E-state index in [2.05, 4.69) is 15.0 Å². The van der Waals surface area contributed by atoms with Crippen LogP contribution in [0.1, 0.15) is 35.1 Å². The second-order valence-electron chi connectivity index (χ2n) is 7.87. The van der Waals surface area contributed by atoms with Gasteiger partial charge in [0.25, 0.3) is 5.56 Å². The van der Waals surface area contributed by atoms with Gasteiger partial charge in [-0.15, -0.1) is 5.10 Å². The van der Waals surface area contributed by atoms with Gasteiger partial charge in [0.15, 0.2) is 23.0 Å². The molecule has 0 saturated carbocycles. The minimum Gasteiger partial charge on any atom is -0.490 e. The Labute approximate surface area is 186 Å². The van der Waals surface area contributed by atoms with E-state index in [0.717, 1.165) is 24.2 Å². The Hall–Kier alpha value is -3.29. The topological polar surface area (TPSA) is 78.2 Å². The van der Waals surface area contributed by atoms with Gasteiger partial charge in [0, 0.05) is 43.3 Å². The van der Waals surface area contributed by atoms with Crippen LogP contribution >= 0.6 is 0 Å². The first-order chi connectivity index (χ1) is 16.4. The van der Waals surface area contributed by atoms with Crippen molar-refractivity contribution in [2.75, 3.05) is 31.1 Å². The number of benzene rings is 1. The fourth-order valence-corrected chi connectivity index (χ4v) is 3.91. The van der Waals surface area contributed by atoms with Gasteiger partial charge in [0.05, 0.1) is 5.48 Å². The van der Waals surface area contributed by atoms with E-state index in [4.69, 9.17) is 19.7 Å². The second kappa shape index (κ2) is 7.76. The summed E-state index contributed by atoms with van der Waals surface area (Å²) in [6.07, 6.45) is 1.36. The van der Waals surface area contributed by atoms with Gasteiger partial charge < -0.3 is 19.1 Å². The standard InChI is InChI=1S/C23H26N4O4/c1-14-12-21-24-16(3)15(2)23(28)27(21)25-22(14)26-8-6-17(7-9-26)31-18-4-5-19-20(13-18)30-11-10-29-19/h4-5,12-13,17H,6-11H2,1-3H3/i10D2,11D2. The van der Waals surface area contributed by atoms with Crippen LogP contribution in [0.5, 0.6) is 17.2 Å². The zero-order valence-electron chi connectivity index (χ0n) is 21.6. The Morgan fingerprint density at radius 3 is 2.61 bits per heavy atom. The number of fused-ring (bicyclic) bond motifs is 2. The van der Waals surface area contributed by atoms with Gasteiger partial charge in [-0.2, -0.15) is 4.52 Å². The molecule has 162 valence electrons. The predicted molar refractivity (Wildman–Crippen MR) is 117 cm³/mol. The Morgan fingerprint density at radius 2 is 1.84 bits per heavy atom. The molecule has 1 fully saturated rings. The number of aryl methyl sites for hydroxylation is 2. The molecule has 2 aliphatic rings. The van der Waals surface area contributed by atoms with Gasteiger partial charge in [-0.05, 0) is 44.5 Å². The number of hydrogen-bond donors (Lipinski definition) is 0. The second-order valence-corrected chi connectivity index (χ2v) is 7.87. The highest BCUT2D eigenvalue weighted by Crippen LogP contribution is 2.34. The van der Waals surface area contributed by atoms with Gasteiger partial charge >= 0.3 is 0 Å². The minimum atomic E-state index is -2.62. The normalized spacial score (nSPS) is 21.7. The molecule has 8 nitrogen and oxygen atoms in total. The molecule has 0 spiro atoms. The highest BCUT2D eigenvalue weighted by molar-refractivity contribution is 5.53. The number of nitrogens with zero attached hydrogens (tertiary/aromatic N) is 4. The van der Waals surface area contributed by atoms with Crippen molar-refractivity contribution in [2.24, 2.45) is 0 Å². The molecule has 2 aromatic heterocycles. The lowest BCUT2D eigenvalue weighted by atomic mass is 10.1. The molecule has 5 rings (SSSR count). The molecule has 0 unspecified atom stereocenters. The van der Waals surface area contributed by atoms with Crippen LogP contribution < -0.4 is 24.7 Å². The fraction of sp³-hybridized carbons (Fsp3) is 0.435. The van der Waals surface area contributed by atoms with Gasteiger partial charge in [0.2, 0.25) is 0 Å². The molecule has 0 atom stereocenters. The Kier molecular flexibility index (Phi) is 3.88. The first kappa shape index (κ1) is 15.5. The Balaban J connectivity index is 1.29. The molecule has 1 saturated heterocycles. The number of aromatic nitrogens is 3. The molecule has 0 aliphatic carbocycles. The van der Waals surface area contributed by atoms with Crippen molar-refractivity contribution in [2.45, 2.75) is 39.7 Å². The lowest BCUT2D eigenvalue weighted by molar-refractivity contribution is 0.159. The van der Waals surface area contributed by atoms with Crippen molar-refractivity contribution >= 4 is 11.5 Å². The van der Waals surface area contributed by atoms with Crippen molar-refractivity contribution in [3.8, 4) is 17.2 Å². The van der Waals surface area contributed by atoms with E-state index in [-0.39, 0.29) is 23.2 Å². The highest BCUT2D eigenvalue weighted by atomic mass is 16.6. The molecule has 8 heteroatoms. The maximum absolute atomic E-state index is 12.7. The minimum absolute atomic E-state index is 0.0768. The van der Waals surface area contributed by atoms with E-state index < -0.39 is 13.1 Å². The molecule has 1 aromatic carbocycles. The van der Waals surface area contributed by atoms with E-state index in [1.165, 1.54) is 16.6 Å². The van der Waals surface area contributed by atoms with Crippen LogP contribution in [0, 0.1) is 20.8 Å². The van der Waals surface area contributed by atoms with E-state index in [1.54, 1.807) is 13.0 Å². The smallest absolute Gasteiger partial charge is 0.277 e. The third-order valence-corrected chi connectivity index (χ3v) is 5.77. The SMILES string of the molecule is [2H]C1([2H])Oc2ccc(OC3CCN(c4nn5c(=O)c(C)c(C)nc5cc4C)CC3)cc2OC1([2H])[2H]. The van der Waals surface area contributed by atoms with Gasteiger partial charge in [-0.25, -0.2) is 4.98 Å². The summed E-state index contributed by atoms with van der Waals surface area (Å²) in [6, 6.07) is 6.58. The molecule has 0 bridgehead atoms. The average Bonchev–Trinajstić information content (AvgIpc) is 2.79. The number of piperidine rings is 1. The molecule has 2 aliphatic heterocycles. The molecule has 0 radical (unpaired) electrons. The Bertz CT molecular complexity index is 1370. The van der Waals surface area contributed by atoms with Crippen molar-refractivity contribution < 1.29 is 19.7 Å². The van der Waals surface area contributed by atoms with Crippen LogP contribution in [0.25, 0.3) is 5.65 Å². The van der Waals surface area contributed by atoms with Crippen LogP contribution in [-0.4, -0.2) is 46.9 Å². The molecule has 0 N–H and O–H groups in total. The van der Waals surface area contributed by atoms with Gasteiger partial charge in [-0.3, -0.25) is 4.79 Å². The molecular weight excluding hydrogens is 396 g/mol. The molecule has 4 heterocycles. The molecule has 0 amide bonds. The summed E-state index contributed by atoms with van der Waals surface area (Å²) in [4.78, 5) is 19.3. The van der Waals surface area contributed by atoms with Crippen LogP contribution in [0.4, 0.5) is 5.82 Å². The van der Waals surface area contributed by atoms with Crippen molar-refractivity contribution in [3.63, 3.8) is 0 Å². The van der Waals surface area contributed by atoms with Crippen molar-refractivity contribution in [3.05, 3.63) is 51.4 Å². The third-order valence-electron chi connectivity index (χ3n) is 5.77. The van der Waals surface area contributed by atoms with Crippen LogP contribution in [0.15, 0.2) is 29.1 Å². The highest BCUT2D eigenvalue weighted by Gasteiger charge is 2.24. The summed E-state index contributed by atoms with van der Waals surface area (Å²) in [5.74, 6) is 1.47. The van der Waals surface area contributed by atoms with Gasteiger partial charge in [0.1, 0.15) is 25.0 Å². The summed E-state index contributed by atoms with van der Waals surface area (Å²) >= 11 is 0. The molecular formula is C23H26N4O4. The monoisotopic (exact) mass is 426 g/mol. The summed E-state index contributed by atoms with van der Waals surface area (Å²) in [5, 5.41) is 4.61. The van der Waals surface area contributed by atoms with Crippen molar-refractivity contribution in [1.82, 2.24) is 14.6 Å². The van der Waals surface area contributed by atoms with Gasteiger partial charge in [-0.1, -0.05) is 0 Å².